The van der Waals surface area contributed by atoms with Crippen molar-refractivity contribution >= 4 is 15.8 Å². The Kier molecular flexibility index (Phi) is 4.60. The van der Waals surface area contributed by atoms with Crippen LogP contribution in [0.25, 0.3) is 0 Å². The van der Waals surface area contributed by atoms with Crippen LogP contribution in [0.2, 0.25) is 0 Å². The lowest BCUT2D eigenvalue weighted by Crippen LogP contribution is -2.31. The van der Waals surface area contributed by atoms with Crippen molar-refractivity contribution in [3.63, 3.8) is 0 Å². The summed E-state index contributed by atoms with van der Waals surface area (Å²) in [4.78, 5) is 4.73. The molecule has 128 valence electrons. The van der Waals surface area contributed by atoms with Gasteiger partial charge < -0.3 is 5.32 Å². The van der Waals surface area contributed by atoms with E-state index in [-0.39, 0.29) is 6.04 Å². The molecule has 1 saturated heterocycles. The van der Waals surface area contributed by atoms with E-state index in [1.807, 2.05) is 39.1 Å². The largest absolute Gasteiger partial charge is 0.373 e. The molecule has 1 aromatic heterocycles. The minimum atomic E-state index is -3.50. The number of aryl methyl sites for hydroxylation is 2. The van der Waals surface area contributed by atoms with Gasteiger partial charge in [-0.05, 0) is 56.0 Å². The van der Waals surface area contributed by atoms with E-state index in [1.54, 1.807) is 22.6 Å². The molecular weight excluding hydrogens is 322 g/mol. The maximum absolute atomic E-state index is 13.1. The van der Waals surface area contributed by atoms with Crippen molar-refractivity contribution in [2.45, 2.75) is 37.6 Å². The van der Waals surface area contributed by atoms with Gasteiger partial charge in [0.05, 0.1) is 10.9 Å². The van der Waals surface area contributed by atoms with E-state index in [0.29, 0.717) is 11.4 Å². The van der Waals surface area contributed by atoms with Gasteiger partial charge in [-0.15, -0.1) is 0 Å². The lowest BCUT2D eigenvalue weighted by atomic mass is 10.0. The van der Waals surface area contributed by atoms with Gasteiger partial charge in [-0.1, -0.05) is 17.7 Å². The van der Waals surface area contributed by atoms with Gasteiger partial charge in [-0.2, -0.15) is 4.31 Å². The number of benzene rings is 1. The van der Waals surface area contributed by atoms with Crippen molar-refractivity contribution in [1.82, 2.24) is 9.29 Å². The Hall–Kier alpha value is -1.92. The fraction of sp³-hybridized carbons (Fsp3) is 0.389. The third kappa shape index (κ3) is 3.03. The van der Waals surface area contributed by atoms with Gasteiger partial charge in [0.2, 0.25) is 10.0 Å². The quantitative estimate of drug-likeness (QED) is 0.924. The van der Waals surface area contributed by atoms with E-state index >= 15 is 0 Å². The van der Waals surface area contributed by atoms with Crippen LogP contribution in [0.15, 0.2) is 41.4 Å². The van der Waals surface area contributed by atoms with Gasteiger partial charge >= 0.3 is 0 Å². The summed E-state index contributed by atoms with van der Waals surface area (Å²) in [6.45, 7) is 4.51. The lowest BCUT2D eigenvalue weighted by Gasteiger charge is -2.25. The van der Waals surface area contributed by atoms with E-state index in [9.17, 15) is 8.42 Å². The molecule has 1 fully saturated rings. The van der Waals surface area contributed by atoms with Gasteiger partial charge in [0, 0.05) is 19.8 Å². The molecule has 1 N–H and O–H groups in total. The Bertz CT molecular complexity index is 832. The summed E-state index contributed by atoms with van der Waals surface area (Å²) in [6.07, 6.45) is 3.49. The van der Waals surface area contributed by atoms with Crippen LogP contribution < -0.4 is 5.32 Å². The SMILES string of the molecule is CNc1cc(C)c(C2CCCN2S(=O)(=O)c2ccc(C)cc2)cn1. The molecule has 0 spiro atoms. The van der Waals surface area contributed by atoms with Crippen molar-refractivity contribution in [3.05, 3.63) is 53.2 Å². The molecule has 0 radical (unpaired) electrons. The van der Waals surface area contributed by atoms with Gasteiger partial charge in [0.1, 0.15) is 5.82 Å². The molecular formula is C18H23N3O2S. The fourth-order valence-electron chi connectivity index (χ4n) is 3.24. The van der Waals surface area contributed by atoms with Crippen molar-refractivity contribution < 1.29 is 8.42 Å². The van der Waals surface area contributed by atoms with Crippen LogP contribution in [0.1, 0.15) is 35.6 Å². The summed E-state index contributed by atoms with van der Waals surface area (Å²) in [6, 6.07) is 8.88. The molecule has 1 aromatic carbocycles. The second-order valence-corrected chi connectivity index (χ2v) is 8.15. The highest BCUT2D eigenvalue weighted by atomic mass is 32.2. The van der Waals surface area contributed by atoms with Crippen molar-refractivity contribution in [1.29, 1.82) is 0 Å². The van der Waals surface area contributed by atoms with E-state index in [1.165, 1.54) is 0 Å². The third-order valence-corrected chi connectivity index (χ3v) is 6.52. The van der Waals surface area contributed by atoms with Crippen LogP contribution in [-0.2, 0) is 10.0 Å². The molecule has 2 aromatic rings. The fourth-order valence-corrected chi connectivity index (χ4v) is 4.91. The first-order chi connectivity index (χ1) is 11.4. The number of anilines is 1. The summed E-state index contributed by atoms with van der Waals surface area (Å²) >= 11 is 0. The van der Waals surface area contributed by atoms with E-state index < -0.39 is 10.0 Å². The van der Waals surface area contributed by atoms with Gasteiger partial charge in [0.25, 0.3) is 0 Å². The average Bonchev–Trinajstić information content (AvgIpc) is 3.05. The lowest BCUT2D eigenvalue weighted by molar-refractivity contribution is 0.395. The maximum Gasteiger partial charge on any atom is 0.243 e. The summed E-state index contributed by atoms with van der Waals surface area (Å²) in [5.41, 5.74) is 3.10. The van der Waals surface area contributed by atoms with Crippen molar-refractivity contribution in [2.24, 2.45) is 0 Å². The molecule has 6 heteroatoms. The van der Waals surface area contributed by atoms with E-state index in [4.69, 9.17) is 0 Å². The Morgan fingerprint density at radius 2 is 1.92 bits per heavy atom. The number of hydrogen-bond donors (Lipinski definition) is 1. The zero-order chi connectivity index (χ0) is 17.3. The van der Waals surface area contributed by atoms with Crippen LogP contribution in [0.5, 0.6) is 0 Å². The summed E-state index contributed by atoms with van der Waals surface area (Å²) in [5, 5.41) is 3.02. The second-order valence-electron chi connectivity index (χ2n) is 6.26. The molecule has 5 nitrogen and oxygen atoms in total. The van der Waals surface area contributed by atoms with Crippen LogP contribution in [-0.4, -0.2) is 31.3 Å². The number of rotatable bonds is 4. The molecule has 0 aliphatic carbocycles. The standard InChI is InChI=1S/C18H23N3O2S/c1-13-6-8-15(9-7-13)24(22,23)21-10-4-5-17(21)16-12-20-18(19-3)11-14(16)2/h6-9,11-12,17H,4-5,10H2,1-3H3,(H,19,20). The predicted octanol–water partition coefficient (Wildman–Crippen LogP) is 3.27. The molecule has 1 unspecified atom stereocenters. The van der Waals surface area contributed by atoms with Crippen LogP contribution in [0, 0.1) is 13.8 Å². The Labute approximate surface area is 143 Å². The monoisotopic (exact) mass is 345 g/mol. The molecule has 1 aliphatic rings. The van der Waals surface area contributed by atoms with E-state index in [2.05, 4.69) is 10.3 Å². The van der Waals surface area contributed by atoms with Crippen LogP contribution in [0.3, 0.4) is 0 Å². The highest BCUT2D eigenvalue weighted by molar-refractivity contribution is 7.89. The molecule has 24 heavy (non-hydrogen) atoms. The zero-order valence-electron chi connectivity index (χ0n) is 14.3. The third-order valence-electron chi connectivity index (χ3n) is 4.60. The first-order valence-corrected chi connectivity index (χ1v) is 9.60. The minimum Gasteiger partial charge on any atom is -0.373 e. The molecule has 0 saturated carbocycles. The van der Waals surface area contributed by atoms with Gasteiger partial charge in [-0.3, -0.25) is 0 Å². The summed E-state index contributed by atoms with van der Waals surface area (Å²) in [7, 11) is -1.67. The zero-order valence-corrected chi connectivity index (χ0v) is 15.1. The Morgan fingerprint density at radius 3 is 2.54 bits per heavy atom. The smallest absolute Gasteiger partial charge is 0.243 e. The number of hydrogen-bond acceptors (Lipinski definition) is 4. The molecule has 1 atom stereocenters. The highest BCUT2D eigenvalue weighted by Crippen LogP contribution is 2.37. The topological polar surface area (TPSA) is 62.3 Å². The first kappa shape index (κ1) is 16.9. The normalized spacial score (nSPS) is 18.7. The number of sulfonamides is 1. The minimum absolute atomic E-state index is 0.144. The second kappa shape index (κ2) is 6.53. The summed E-state index contributed by atoms with van der Waals surface area (Å²) in [5.74, 6) is 0.794. The summed E-state index contributed by atoms with van der Waals surface area (Å²) < 4.78 is 27.7. The maximum atomic E-state index is 13.1. The van der Waals surface area contributed by atoms with Crippen molar-refractivity contribution in [2.75, 3.05) is 18.9 Å². The Balaban J connectivity index is 1.97. The van der Waals surface area contributed by atoms with Crippen LogP contribution in [0.4, 0.5) is 5.82 Å². The van der Waals surface area contributed by atoms with Crippen molar-refractivity contribution in [3.8, 4) is 0 Å². The molecule has 0 amide bonds. The van der Waals surface area contributed by atoms with Crippen LogP contribution >= 0.6 is 0 Å². The van der Waals surface area contributed by atoms with Gasteiger partial charge in [-0.25, -0.2) is 13.4 Å². The number of nitrogens with zero attached hydrogens (tertiary/aromatic N) is 2. The van der Waals surface area contributed by atoms with E-state index in [0.717, 1.165) is 35.3 Å². The number of aromatic nitrogens is 1. The number of nitrogens with one attached hydrogen (secondary N) is 1. The molecule has 2 heterocycles. The Morgan fingerprint density at radius 1 is 1.21 bits per heavy atom. The molecule has 1 aliphatic heterocycles. The molecule has 0 bridgehead atoms. The first-order valence-electron chi connectivity index (χ1n) is 8.16. The predicted molar refractivity (Wildman–Crippen MR) is 95.6 cm³/mol. The highest BCUT2D eigenvalue weighted by Gasteiger charge is 2.36. The number of pyridine rings is 1. The van der Waals surface area contributed by atoms with Gasteiger partial charge in [0.15, 0.2) is 0 Å². The molecule has 3 rings (SSSR count). The average molecular weight is 345 g/mol.